The van der Waals surface area contributed by atoms with Crippen LogP contribution in [0.3, 0.4) is 0 Å². The van der Waals surface area contributed by atoms with Gasteiger partial charge in [0, 0.05) is 6.20 Å². The van der Waals surface area contributed by atoms with Gasteiger partial charge in [-0.15, -0.1) is 5.10 Å². The molecule has 0 unspecified atom stereocenters. The van der Waals surface area contributed by atoms with E-state index >= 15 is 0 Å². The summed E-state index contributed by atoms with van der Waals surface area (Å²) < 4.78 is 2.04. The molecule has 2 N–H and O–H groups in total. The highest BCUT2D eigenvalue weighted by Crippen LogP contribution is 2.35. The van der Waals surface area contributed by atoms with Crippen molar-refractivity contribution in [1.29, 1.82) is 0 Å². The molecule has 5 heteroatoms. The third-order valence-corrected chi connectivity index (χ3v) is 4.96. The molecule has 1 heterocycles. The minimum absolute atomic E-state index is 0.552. The van der Waals surface area contributed by atoms with Gasteiger partial charge in [0.15, 0.2) is 0 Å². The zero-order chi connectivity index (χ0) is 11.1. The van der Waals surface area contributed by atoms with Gasteiger partial charge in [0.1, 0.15) is 8.07 Å². The number of hydrogen-bond donors (Lipinski definition) is 1. The molecule has 15 heavy (non-hydrogen) atoms. The van der Waals surface area contributed by atoms with Crippen LogP contribution in [0.25, 0.3) is 0 Å². The topological polar surface area (TPSA) is 56.7 Å². The van der Waals surface area contributed by atoms with Crippen LogP contribution in [0, 0.1) is 5.92 Å². The summed E-state index contributed by atoms with van der Waals surface area (Å²) in [6.45, 7) is 7.70. The van der Waals surface area contributed by atoms with E-state index in [0.29, 0.717) is 12.0 Å². The molecule has 1 aliphatic rings. The van der Waals surface area contributed by atoms with Gasteiger partial charge in [-0.05, 0) is 25.3 Å². The first-order valence-corrected chi connectivity index (χ1v) is 9.13. The Kier molecular flexibility index (Phi) is 2.68. The van der Waals surface area contributed by atoms with E-state index < -0.39 is 8.07 Å². The van der Waals surface area contributed by atoms with Crippen LogP contribution in [0.5, 0.6) is 0 Å². The Bertz CT molecular complexity index is 335. The minimum atomic E-state index is -1.29. The fourth-order valence-corrected chi connectivity index (χ4v) is 2.77. The normalized spacial score (nSPS) is 26.4. The first kappa shape index (κ1) is 10.8. The van der Waals surface area contributed by atoms with Crippen molar-refractivity contribution < 1.29 is 0 Å². The summed E-state index contributed by atoms with van der Waals surface area (Å²) in [5.74, 6) is 0.703. The lowest BCUT2D eigenvalue weighted by atomic mass is 9.80. The van der Waals surface area contributed by atoms with Crippen LogP contribution in [0.1, 0.15) is 18.9 Å². The summed E-state index contributed by atoms with van der Waals surface area (Å²) >= 11 is 0. The van der Waals surface area contributed by atoms with Crippen LogP contribution in [0.15, 0.2) is 6.20 Å². The van der Waals surface area contributed by atoms with E-state index in [2.05, 4.69) is 36.1 Å². The maximum atomic E-state index is 5.61. The third kappa shape index (κ3) is 2.13. The van der Waals surface area contributed by atoms with Gasteiger partial charge in [0.05, 0.1) is 11.4 Å². The largest absolute Gasteiger partial charge is 0.330 e. The predicted molar refractivity (Wildman–Crippen MR) is 63.8 cm³/mol. The lowest BCUT2D eigenvalue weighted by Crippen LogP contribution is -2.39. The van der Waals surface area contributed by atoms with Crippen LogP contribution in [-0.2, 0) is 0 Å². The van der Waals surface area contributed by atoms with Gasteiger partial charge < -0.3 is 5.73 Å². The number of rotatable bonds is 3. The second-order valence-corrected chi connectivity index (χ2v) is 10.6. The van der Waals surface area contributed by atoms with Crippen molar-refractivity contribution in [2.45, 2.75) is 38.5 Å². The predicted octanol–water partition coefficient (Wildman–Crippen LogP) is 0.733. The second kappa shape index (κ2) is 3.72. The summed E-state index contributed by atoms with van der Waals surface area (Å²) in [5, 5.41) is 9.73. The van der Waals surface area contributed by atoms with Gasteiger partial charge in [-0.2, -0.15) is 0 Å². The van der Waals surface area contributed by atoms with Gasteiger partial charge >= 0.3 is 0 Å². The number of hydrogen-bond acceptors (Lipinski definition) is 3. The number of nitrogens with zero attached hydrogens (tertiary/aromatic N) is 3. The van der Waals surface area contributed by atoms with E-state index in [9.17, 15) is 0 Å². The summed E-state index contributed by atoms with van der Waals surface area (Å²) in [6, 6.07) is 0.552. The lowest BCUT2D eigenvalue weighted by Gasteiger charge is -2.34. The van der Waals surface area contributed by atoms with E-state index in [0.717, 1.165) is 6.54 Å². The molecule has 0 aliphatic heterocycles. The first-order chi connectivity index (χ1) is 7.00. The molecule has 1 saturated carbocycles. The van der Waals surface area contributed by atoms with Gasteiger partial charge in [-0.3, -0.25) is 0 Å². The van der Waals surface area contributed by atoms with E-state index in [1.807, 2.05) is 4.68 Å². The molecule has 0 amide bonds. The van der Waals surface area contributed by atoms with Gasteiger partial charge in [-0.1, -0.05) is 24.9 Å². The van der Waals surface area contributed by atoms with Crippen LogP contribution >= 0.6 is 0 Å². The van der Waals surface area contributed by atoms with Crippen LogP contribution < -0.4 is 11.1 Å². The number of aromatic nitrogens is 3. The molecule has 0 aromatic carbocycles. The molecular weight excluding hydrogens is 204 g/mol. The van der Waals surface area contributed by atoms with Crippen molar-refractivity contribution in [3.63, 3.8) is 0 Å². The van der Waals surface area contributed by atoms with Gasteiger partial charge in [0.25, 0.3) is 0 Å². The molecule has 4 nitrogen and oxygen atoms in total. The van der Waals surface area contributed by atoms with Gasteiger partial charge in [0.2, 0.25) is 0 Å². The Morgan fingerprint density at radius 1 is 1.47 bits per heavy atom. The quantitative estimate of drug-likeness (QED) is 0.770. The maximum Gasteiger partial charge on any atom is 0.106 e. The van der Waals surface area contributed by atoms with E-state index in [4.69, 9.17) is 5.73 Å². The number of nitrogens with two attached hydrogens (primary N) is 1. The Balaban J connectivity index is 2.03. The molecule has 2 rings (SSSR count). The zero-order valence-corrected chi connectivity index (χ0v) is 10.8. The van der Waals surface area contributed by atoms with Crippen molar-refractivity contribution in [2.75, 3.05) is 6.54 Å². The zero-order valence-electron chi connectivity index (χ0n) is 9.77. The van der Waals surface area contributed by atoms with Gasteiger partial charge in [-0.25, -0.2) is 4.68 Å². The fraction of sp³-hybridized carbons (Fsp3) is 0.800. The van der Waals surface area contributed by atoms with Crippen molar-refractivity contribution in [2.24, 2.45) is 11.7 Å². The first-order valence-electron chi connectivity index (χ1n) is 5.63. The molecule has 1 aromatic heterocycles. The highest BCUT2D eigenvalue weighted by atomic mass is 28.3. The summed E-state index contributed by atoms with van der Waals surface area (Å²) in [5.41, 5.74) is 5.61. The summed E-state index contributed by atoms with van der Waals surface area (Å²) in [7, 11) is -1.29. The maximum absolute atomic E-state index is 5.61. The highest BCUT2D eigenvalue weighted by molar-refractivity contribution is 6.88. The molecule has 0 bridgehead atoms. The Morgan fingerprint density at radius 3 is 2.60 bits per heavy atom. The van der Waals surface area contributed by atoms with Crippen molar-refractivity contribution in [3.8, 4) is 0 Å². The molecule has 1 fully saturated rings. The Hall–Kier alpha value is -0.683. The summed E-state index contributed by atoms with van der Waals surface area (Å²) in [6.07, 6.45) is 4.49. The third-order valence-electron chi connectivity index (χ3n) is 3.20. The van der Waals surface area contributed by atoms with Crippen LogP contribution in [0.4, 0.5) is 0 Å². The lowest BCUT2D eigenvalue weighted by molar-refractivity contribution is 0.187. The SMILES string of the molecule is C[Si](C)(C)c1cn(C2CC(CN)C2)nn1. The van der Waals surface area contributed by atoms with Crippen molar-refractivity contribution >= 4 is 13.4 Å². The Labute approximate surface area is 91.9 Å². The van der Waals surface area contributed by atoms with Crippen LogP contribution in [0.2, 0.25) is 19.6 Å². The minimum Gasteiger partial charge on any atom is -0.330 e. The van der Waals surface area contributed by atoms with Crippen molar-refractivity contribution in [3.05, 3.63) is 6.20 Å². The molecule has 0 atom stereocenters. The molecule has 0 saturated heterocycles. The highest BCUT2D eigenvalue weighted by Gasteiger charge is 2.31. The fourth-order valence-electron chi connectivity index (χ4n) is 1.91. The summed E-state index contributed by atoms with van der Waals surface area (Å²) in [4.78, 5) is 0. The molecular formula is C10H20N4Si. The molecule has 1 aromatic rings. The second-order valence-electron chi connectivity index (χ2n) is 5.56. The molecule has 0 radical (unpaired) electrons. The molecule has 84 valence electrons. The average molecular weight is 224 g/mol. The average Bonchev–Trinajstić information content (AvgIpc) is 2.50. The standard InChI is InChI=1S/C10H20N4Si/c1-15(2,3)10-7-14(13-12-10)9-4-8(5-9)6-11/h7-9H,4-6,11H2,1-3H3. The molecule has 1 aliphatic carbocycles. The Morgan fingerprint density at radius 2 is 2.13 bits per heavy atom. The van der Waals surface area contributed by atoms with E-state index in [1.165, 1.54) is 18.2 Å². The molecule has 0 spiro atoms. The smallest absolute Gasteiger partial charge is 0.106 e. The van der Waals surface area contributed by atoms with E-state index in [1.54, 1.807) is 0 Å². The van der Waals surface area contributed by atoms with Crippen molar-refractivity contribution in [1.82, 2.24) is 15.0 Å². The monoisotopic (exact) mass is 224 g/mol. The van der Waals surface area contributed by atoms with Crippen LogP contribution in [-0.4, -0.2) is 29.6 Å². The van der Waals surface area contributed by atoms with E-state index in [-0.39, 0.29) is 0 Å².